The summed E-state index contributed by atoms with van der Waals surface area (Å²) < 4.78 is 4.66. The van der Waals surface area contributed by atoms with Gasteiger partial charge in [0, 0.05) is 6.20 Å². The lowest BCUT2D eigenvalue weighted by Gasteiger charge is -2.01. The van der Waals surface area contributed by atoms with Gasteiger partial charge in [-0.15, -0.1) is 0 Å². The molecule has 1 heterocycles. The topological polar surface area (TPSA) is 89.1 Å². The molecule has 1 aromatic rings. The summed E-state index contributed by atoms with van der Waals surface area (Å²) in [5, 5.41) is 7.28. The smallest absolute Gasteiger partial charge is 0.267 e. The fourth-order valence-electron chi connectivity index (χ4n) is 0.792. The molecule has 0 bridgehead atoms. The van der Waals surface area contributed by atoms with E-state index in [4.69, 9.17) is 11.1 Å². The first-order chi connectivity index (χ1) is 6.15. The minimum atomic E-state index is -0.588. The molecule has 0 saturated carbocycles. The first-order valence-corrected chi connectivity index (χ1v) is 3.54. The molecule has 5 heteroatoms. The molecule has 13 heavy (non-hydrogen) atoms. The summed E-state index contributed by atoms with van der Waals surface area (Å²) in [6.07, 6.45) is 1.37. The molecule has 68 valence electrons. The Kier molecular flexibility index (Phi) is 2.59. The van der Waals surface area contributed by atoms with Gasteiger partial charge in [0.05, 0.1) is 12.7 Å². The predicted molar refractivity (Wildman–Crippen MR) is 46.6 cm³/mol. The Morgan fingerprint density at radius 1 is 1.62 bits per heavy atom. The van der Waals surface area contributed by atoms with Crippen LogP contribution in [-0.2, 0) is 4.74 Å². The van der Waals surface area contributed by atoms with Crippen LogP contribution >= 0.6 is 0 Å². The number of nitrogens with one attached hydrogen (secondary N) is 1. The second-order valence-corrected chi connectivity index (χ2v) is 2.33. The molecule has 0 aliphatic rings. The van der Waals surface area contributed by atoms with Gasteiger partial charge in [-0.2, -0.15) is 0 Å². The van der Waals surface area contributed by atoms with Gasteiger partial charge in [-0.05, 0) is 12.1 Å². The number of aromatic nitrogens is 1. The number of hydrogen-bond acceptors (Lipinski definition) is 4. The van der Waals surface area contributed by atoms with Crippen LogP contribution < -0.4 is 5.73 Å². The lowest BCUT2D eigenvalue weighted by Crippen LogP contribution is -2.13. The van der Waals surface area contributed by atoms with Gasteiger partial charge >= 0.3 is 0 Å². The summed E-state index contributed by atoms with van der Waals surface area (Å²) in [5.41, 5.74) is 5.67. The summed E-state index contributed by atoms with van der Waals surface area (Å²) in [6, 6.07) is 3.00. The SMILES string of the molecule is COC(=N)c1ccc(C(N)=O)nc1. The highest BCUT2D eigenvalue weighted by atomic mass is 16.5. The average molecular weight is 179 g/mol. The van der Waals surface area contributed by atoms with Gasteiger partial charge in [-0.1, -0.05) is 0 Å². The highest BCUT2D eigenvalue weighted by molar-refractivity contribution is 5.94. The van der Waals surface area contributed by atoms with Crippen molar-refractivity contribution < 1.29 is 9.53 Å². The Balaban J connectivity index is 2.93. The van der Waals surface area contributed by atoms with Gasteiger partial charge in [0.2, 0.25) is 5.90 Å². The molecule has 1 rings (SSSR count). The van der Waals surface area contributed by atoms with E-state index in [9.17, 15) is 4.79 Å². The van der Waals surface area contributed by atoms with Crippen LogP contribution in [0.1, 0.15) is 16.1 Å². The molecule has 0 spiro atoms. The highest BCUT2D eigenvalue weighted by Gasteiger charge is 2.04. The van der Waals surface area contributed by atoms with Gasteiger partial charge in [0.25, 0.3) is 5.91 Å². The fraction of sp³-hybridized carbons (Fsp3) is 0.125. The molecule has 1 aromatic heterocycles. The van der Waals surface area contributed by atoms with Crippen molar-refractivity contribution in [2.45, 2.75) is 0 Å². The first-order valence-electron chi connectivity index (χ1n) is 3.54. The van der Waals surface area contributed by atoms with E-state index in [2.05, 4.69) is 9.72 Å². The molecule has 0 fully saturated rings. The monoisotopic (exact) mass is 179 g/mol. The van der Waals surface area contributed by atoms with Crippen molar-refractivity contribution in [3.05, 3.63) is 29.6 Å². The van der Waals surface area contributed by atoms with Crippen LogP contribution in [0, 0.1) is 5.41 Å². The maximum absolute atomic E-state index is 10.6. The summed E-state index contributed by atoms with van der Waals surface area (Å²) >= 11 is 0. The number of pyridine rings is 1. The Labute approximate surface area is 75.0 Å². The molecule has 3 N–H and O–H groups in total. The van der Waals surface area contributed by atoms with Gasteiger partial charge in [-0.3, -0.25) is 15.2 Å². The molecule has 0 radical (unpaired) electrons. The molecule has 0 aliphatic heterocycles. The van der Waals surface area contributed by atoms with Crippen molar-refractivity contribution in [3.63, 3.8) is 0 Å². The summed E-state index contributed by atoms with van der Waals surface area (Å²) in [5.74, 6) is -0.584. The van der Waals surface area contributed by atoms with Crippen molar-refractivity contribution >= 4 is 11.8 Å². The number of nitrogens with two attached hydrogens (primary N) is 1. The minimum Gasteiger partial charge on any atom is -0.481 e. The number of amides is 1. The summed E-state index contributed by atoms with van der Waals surface area (Å²) in [6.45, 7) is 0. The molecule has 5 nitrogen and oxygen atoms in total. The molecule has 0 saturated heterocycles. The van der Waals surface area contributed by atoms with Crippen LogP contribution in [0.5, 0.6) is 0 Å². The van der Waals surface area contributed by atoms with Crippen LogP contribution in [0.25, 0.3) is 0 Å². The van der Waals surface area contributed by atoms with E-state index in [0.29, 0.717) is 5.56 Å². The van der Waals surface area contributed by atoms with Crippen LogP contribution in [0.3, 0.4) is 0 Å². The zero-order chi connectivity index (χ0) is 9.84. The van der Waals surface area contributed by atoms with Crippen LogP contribution in [0.2, 0.25) is 0 Å². The third-order valence-corrected chi connectivity index (χ3v) is 1.48. The number of ether oxygens (including phenoxy) is 1. The molecule has 0 atom stereocenters. The molecule has 0 aromatic carbocycles. The minimum absolute atomic E-state index is 0.00326. The average Bonchev–Trinajstić information content (AvgIpc) is 2.17. The molecular weight excluding hydrogens is 170 g/mol. The van der Waals surface area contributed by atoms with Crippen LogP contribution in [0.15, 0.2) is 18.3 Å². The first kappa shape index (κ1) is 9.18. The van der Waals surface area contributed by atoms with Crippen LogP contribution in [0.4, 0.5) is 0 Å². The maximum Gasteiger partial charge on any atom is 0.267 e. The highest BCUT2D eigenvalue weighted by Crippen LogP contribution is 2.00. The quantitative estimate of drug-likeness (QED) is 0.500. The Hall–Kier alpha value is -1.91. The number of primary amides is 1. The molecule has 0 aliphatic carbocycles. The fourth-order valence-corrected chi connectivity index (χ4v) is 0.792. The number of hydrogen-bond donors (Lipinski definition) is 2. The van der Waals surface area contributed by atoms with Gasteiger partial charge in [0.15, 0.2) is 0 Å². The standard InChI is InChI=1S/C8H9N3O2/c1-13-8(10)5-2-3-6(7(9)12)11-4-5/h2-4,10H,1H3,(H2,9,12). The van der Waals surface area contributed by atoms with Crippen LogP contribution in [-0.4, -0.2) is 23.9 Å². The second-order valence-electron chi connectivity index (χ2n) is 2.33. The van der Waals surface area contributed by atoms with Gasteiger partial charge < -0.3 is 10.5 Å². The van der Waals surface area contributed by atoms with E-state index in [-0.39, 0.29) is 11.6 Å². The number of nitrogens with zero attached hydrogens (tertiary/aromatic N) is 1. The number of rotatable bonds is 2. The number of carbonyl (C=O) groups is 1. The van der Waals surface area contributed by atoms with E-state index in [1.165, 1.54) is 19.4 Å². The maximum atomic E-state index is 10.6. The second kappa shape index (κ2) is 3.66. The Bertz CT molecular complexity index is 332. The van der Waals surface area contributed by atoms with E-state index in [1.54, 1.807) is 6.07 Å². The zero-order valence-electron chi connectivity index (χ0n) is 7.07. The third-order valence-electron chi connectivity index (χ3n) is 1.48. The summed E-state index contributed by atoms with van der Waals surface area (Å²) in [4.78, 5) is 14.4. The van der Waals surface area contributed by atoms with Crippen molar-refractivity contribution in [3.8, 4) is 0 Å². The van der Waals surface area contributed by atoms with E-state index >= 15 is 0 Å². The zero-order valence-corrected chi connectivity index (χ0v) is 7.07. The van der Waals surface area contributed by atoms with Gasteiger partial charge in [-0.25, -0.2) is 0 Å². The lowest BCUT2D eigenvalue weighted by molar-refractivity contribution is 0.0995. The van der Waals surface area contributed by atoms with Crippen molar-refractivity contribution in [1.82, 2.24) is 4.98 Å². The largest absolute Gasteiger partial charge is 0.481 e. The molecule has 1 amide bonds. The van der Waals surface area contributed by atoms with Gasteiger partial charge in [0.1, 0.15) is 5.69 Å². The predicted octanol–water partition coefficient (Wildman–Crippen LogP) is 0.152. The summed E-state index contributed by atoms with van der Waals surface area (Å²) in [7, 11) is 1.39. The number of carbonyl (C=O) groups excluding carboxylic acids is 1. The molecule has 0 unspecified atom stereocenters. The van der Waals surface area contributed by atoms with E-state index < -0.39 is 5.91 Å². The Morgan fingerprint density at radius 3 is 2.69 bits per heavy atom. The van der Waals surface area contributed by atoms with E-state index in [1.807, 2.05) is 0 Å². The normalized spacial score (nSPS) is 9.31. The van der Waals surface area contributed by atoms with Crippen molar-refractivity contribution in [2.24, 2.45) is 5.73 Å². The third kappa shape index (κ3) is 2.02. The molecular formula is C8H9N3O2. The Morgan fingerprint density at radius 2 is 2.31 bits per heavy atom. The van der Waals surface area contributed by atoms with Crippen molar-refractivity contribution in [1.29, 1.82) is 5.41 Å². The van der Waals surface area contributed by atoms with Crippen molar-refractivity contribution in [2.75, 3.05) is 7.11 Å². The van der Waals surface area contributed by atoms with E-state index in [0.717, 1.165) is 0 Å². The lowest BCUT2D eigenvalue weighted by atomic mass is 10.2. The number of methoxy groups -OCH3 is 1.